The number of nitrogens with zero attached hydrogens (tertiary/aromatic N) is 3. The second kappa shape index (κ2) is 9.01. The van der Waals surface area contributed by atoms with Gasteiger partial charge in [0.1, 0.15) is 11.2 Å². The smallest absolute Gasteiger partial charge is 0.211 e. The zero-order valence-electron chi connectivity index (χ0n) is 18.4. The molecule has 1 aromatic heterocycles. The van der Waals surface area contributed by atoms with Crippen LogP contribution in [0.3, 0.4) is 0 Å². The molecule has 0 fully saturated rings. The van der Waals surface area contributed by atoms with Crippen LogP contribution in [0.5, 0.6) is 0 Å². The van der Waals surface area contributed by atoms with E-state index in [0.717, 1.165) is 16.7 Å². The van der Waals surface area contributed by atoms with Gasteiger partial charge in [-0.1, -0.05) is 91.0 Å². The maximum absolute atomic E-state index is 13.7. The monoisotopic (exact) mass is 439 g/mol. The number of hydrogen-bond donors (Lipinski definition) is 0. The summed E-state index contributed by atoms with van der Waals surface area (Å²) >= 11 is 0. The van der Waals surface area contributed by atoms with Crippen LogP contribution in [0.4, 0.5) is 0 Å². The number of nitriles is 1. The number of rotatable bonds is 6. The minimum Gasteiger partial charge on any atom is -0.309 e. The van der Waals surface area contributed by atoms with Crippen molar-refractivity contribution in [3.8, 4) is 6.07 Å². The minimum absolute atomic E-state index is 0.158. The number of carbonyl (C=O) groups excluding carboxylic acids is 1. The Labute approximate surface area is 198 Å². The molecule has 0 radical (unpaired) electrons. The quantitative estimate of drug-likeness (QED) is 0.247. The lowest BCUT2D eigenvalue weighted by Crippen LogP contribution is -2.39. The number of ketones is 1. The molecular formula is C30H21N3O. The lowest BCUT2D eigenvalue weighted by Gasteiger charge is -2.38. The number of benzene rings is 4. The van der Waals surface area contributed by atoms with E-state index >= 15 is 0 Å². The minimum atomic E-state index is -0.822. The Hall–Kier alpha value is -4.75. The Morgan fingerprint density at radius 3 is 1.62 bits per heavy atom. The zero-order valence-corrected chi connectivity index (χ0v) is 18.4. The molecule has 0 amide bonds. The molecule has 0 spiro atoms. The number of carbonyl (C=O) groups is 1. The second-order valence-corrected chi connectivity index (χ2v) is 7.98. The molecule has 4 aromatic carbocycles. The largest absolute Gasteiger partial charge is 0.309 e. The van der Waals surface area contributed by atoms with Crippen LogP contribution in [0, 0.1) is 11.3 Å². The second-order valence-electron chi connectivity index (χ2n) is 7.98. The van der Waals surface area contributed by atoms with E-state index in [2.05, 4.69) is 47.5 Å². The standard InChI is InChI=1S/C30H21N3O/c31-20-23-16-18-24(19-17-23)29(34)28-21-32-22-33(28)30(25-10-4-1-5-11-25,26-12-6-2-7-13-26)27-14-8-3-9-15-27/h1-19,21-22H. The molecule has 4 heteroatoms. The first-order chi connectivity index (χ1) is 16.7. The maximum atomic E-state index is 13.7. The van der Waals surface area contributed by atoms with E-state index < -0.39 is 5.54 Å². The Morgan fingerprint density at radius 2 is 1.18 bits per heavy atom. The van der Waals surface area contributed by atoms with Gasteiger partial charge in [0.15, 0.2) is 0 Å². The van der Waals surface area contributed by atoms with Crippen molar-refractivity contribution >= 4 is 5.78 Å². The summed E-state index contributed by atoms with van der Waals surface area (Å²) in [6.07, 6.45) is 3.34. The Morgan fingerprint density at radius 1 is 0.706 bits per heavy atom. The summed E-state index contributed by atoms with van der Waals surface area (Å²) in [5.41, 5.74) is 3.69. The summed E-state index contributed by atoms with van der Waals surface area (Å²) in [7, 11) is 0. The molecule has 0 bridgehead atoms. The van der Waals surface area contributed by atoms with Gasteiger partial charge in [0.2, 0.25) is 5.78 Å². The van der Waals surface area contributed by atoms with E-state index in [1.165, 1.54) is 0 Å². The summed E-state index contributed by atoms with van der Waals surface area (Å²) in [5.74, 6) is -0.158. The average molecular weight is 440 g/mol. The van der Waals surface area contributed by atoms with Gasteiger partial charge in [-0.25, -0.2) is 4.98 Å². The van der Waals surface area contributed by atoms with E-state index in [-0.39, 0.29) is 5.78 Å². The van der Waals surface area contributed by atoms with Crippen molar-refractivity contribution in [1.29, 1.82) is 5.26 Å². The first kappa shape index (κ1) is 21.1. The third-order valence-corrected chi connectivity index (χ3v) is 6.08. The van der Waals surface area contributed by atoms with E-state index in [9.17, 15) is 4.79 Å². The van der Waals surface area contributed by atoms with E-state index in [0.29, 0.717) is 16.8 Å². The Balaban J connectivity index is 1.81. The van der Waals surface area contributed by atoms with Crippen LogP contribution in [0.15, 0.2) is 128 Å². The van der Waals surface area contributed by atoms with Gasteiger partial charge in [-0.3, -0.25) is 4.79 Å². The molecule has 0 aliphatic heterocycles. The van der Waals surface area contributed by atoms with Gasteiger partial charge in [-0.05, 0) is 41.0 Å². The Bertz CT molecular complexity index is 1350. The summed E-state index contributed by atoms with van der Waals surface area (Å²) in [6.45, 7) is 0. The van der Waals surface area contributed by atoms with Gasteiger partial charge >= 0.3 is 0 Å². The first-order valence-electron chi connectivity index (χ1n) is 11.0. The first-order valence-corrected chi connectivity index (χ1v) is 11.0. The van der Waals surface area contributed by atoms with Crippen LogP contribution in [-0.2, 0) is 5.54 Å². The van der Waals surface area contributed by atoms with Crippen molar-refractivity contribution in [2.45, 2.75) is 5.54 Å². The predicted molar refractivity (Wildman–Crippen MR) is 131 cm³/mol. The van der Waals surface area contributed by atoms with Crippen molar-refractivity contribution in [2.24, 2.45) is 0 Å². The fourth-order valence-electron chi connectivity index (χ4n) is 4.53. The van der Waals surface area contributed by atoms with Crippen LogP contribution < -0.4 is 0 Å². The van der Waals surface area contributed by atoms with Crippen molar-refractivity contribution in [2.75, 3.05) is 0 Å². The highest BCUT2D eigenvalue weighted by atomic mass is 16.1. The molecule has 4 nitrogen and oxygen atoms in total. The van der Waals surface area contributed by atoms with E-state index in [1.54, 1.807) is 36.8 Å². The molecule has 0 aliphatic carbocycles. The van der Waals surface area contributed by atoms with Crippen LogP contribution in [0.2, 0.25) is 0 Å². The van der Waals surface area contributed by atoms with Gasteiger partial charge < -0.3 is 4.57 Å². The normalized spacial score (nSPS) is 11.0. The highest BCUT2D eigenvalue weighted by Crippen LogP contribution is 2.41. The van der Waals surface area contributed by atoms with Crippen LogP contribution in [0.25, 0.3) is 0 Å². The third-order valence-electron chi connectivity index (χ3n) is 6.08. The summed E-state index contributed by atoms with van der Waals surface area (Å²) in [4.78, 5) is 18.2. The molecule has 162 valence electrons. The molecule has 5 aromatic rings. The molecule has 0 unspecified atom stereocenters. The summed E-state index contributed by atoms with van der Waals surface area (Å²) in [6, 6.07) is 39.3. The highest BCUT2D eigenvalue weighted by molar-refractivity contribution is 6.08. The van der Waals surface area contributed by atoms with Crippen LogP contribution >= 0.6 is 0 Å². The topological polar surface area (TPSA) is 58.7 Å². The van der Waals surface area contributed by atoms with Gasteiger partial charge in [0.05, 0.1) is 24.2 Å². The van der Waals surface area contributed by atoms with Crippen LogP contribution in [0.1, 0.15) is 38.3 Å². The van der Waals surface area contributed by atoms with Crippen molar-refractivity contribution in [3.05, 3.63) is 161 Å². The predicted octanol–water partition coefficient (Wildman–Crippen LogP) is 5.83. The molecule has 0 saturated heterocycles. The SMILES string of the molecule is N#Cc1ccc(C(=O)c2cncn2C(c2ccccc2)(c2ccccc2)c2ccccc2)cc1. The molecular weight excluding hydrogens is 418 g/mol. The fraction of sp³-hybridized carbons (Fsp3) is 0.0333. The lowest BCUT2D eigenvalue weighted by atomic mass is 9.76. The zero-order chi connectivity index (χ0) is 23.4. The maximum Gasteiger partial charge on any atom is 0.211 e. The van der Waals surface area contributed by atoms with Crippen molar-refractivity contribution in [3.63, 3.8) is 0 Å². The fourth-order valence-corrected chi connectivity index (χ4v) is 4.53. The van der Waals surface area contributed by atoms with E-state index in [4.69, 9.17) is 5.26 Å². The molecule has 34 heavy (non-hydrogen) atoms. The Kier molecular flexibility index (Phi) is 5.60. The molecule has 0 atom stereocenters. The molecule has 0 aliphatic rings. The van der Waals surface area contributed by atoms with Gasteiger partial charge in [-0.2, -0.15) is 5.26 Å². The van der Waals surface area contributed by atoms with E-state index in [1.807, 2.05) is 59.2 Å². The lowest BCUT2D eigenvalue weighted by molar-refractivity contribution is 0.102. The summed E-state index contributed by atoms with van der Waals surface area (Å²) < 4.78 is 1.97. The van der Waals surface area contributed by atoms with Gasteiger partial charge in [0.25, 0.3) is 0 Å². The summed E-state index contributed by atoms with van der Waals surface area (Å²) in [5, 5.41) is 9.13. The number of imidazole rings is 1. The molecule has 1 heterocycles. The molecule has 5 rings (SSSR count). The molecule has 0 saturated carbocycles. The number of hydrogen-bond acceptors (Lipinski definition) is 3. The van der Waals surface area contributed by atoms with Gasteiger partial charge in [-0.15, -0.1) is 0 Å². The van der Waals surface area contributed by atoms with Gasteiger partial charge in [0, 0.05) is 5.56 Å². The van der Waals surface area contributed by atoms with Crippen molar-refractivity contribution in [1.82, 2.24) is 9.55 Å². The van der Waals surface area contributed by atoms with Crippen LogP contribution in [-0.4, -0.2) is 15.3 Å². The van der Waals surface area contributed by atoms with Crippen molar-refractivity contribution < 1.29 is 4.79 Å². The number of aromatic nitrogens is 2. The molecule has 0 N–H and O–H groups in total. The average Bonchev–Trinajstić information content (AvgIpc) is 3.41. The highest BCUT2D eigenvalue weighted by Gasteiger charge is 2.40. The third kappa shape index (κ3) is 3.50.